The molecule has 0 aromatic heterocycles. The number of phenols is 1. The summed E-state index contributed by atoms with van der Waals surface area (Å²) < 4.78 is 68.0. The second-order valence-corrected chi connectivity index (χ2v) is 10.3. The maximum absolute atomic E-state index is 14.3. The van der Waals surface area contributed by atoms with Gasteiger partial charge in [-0.15, -0.1) is 0 Å². The Bertz CT molecular complexity index is 1370. The maximum atomic E-state index is 14.3. The number of likely N-dealkylation sites (N-methyl/N-ethyl adjacent to an activating group) is 1. The number of hydrogen-bond donors (Lipinski definition) is 6. The highest BCUT2D eigenvalue weighted by Crippen LogP contribution is 2.53. The van der Waals surface area contributed by atoms with Crippen LogP contribution in [-0.2, 0) is 28.7 Å². The van der Waals surface area contributed by atoms with E-state index >= 15 is 0 Å². The number of halogens is 5. The average molecular weight is 575 g/mol. The number of nitrogens with two attached hydrogens (primary N) is 1. The van der Waals surface area contributed by atoms with Crippen LogP contribution in [0, 0.1) is 11.8 Å². The van der Waals surface area contributed by atoms with Crippen molar-refractivity contribution in [2.24, 2.45) is 17.6 Å². The van der Waals surface area contributed by atoms with E-state index in [0.29, 0.717) is 6.07 Å². The van der Waals surface area contributed by atoms with Crippen LogP contribution in [0.25, 0.3) is 0 Å². The number of carbonyl (C=O) groups is 3. The van der Waals surface area contributed by atoms with Gasteiger partial charge in [0.05, 0.1) is 23.7 Å². The van der Waals surface area contributed by atoms with Gasteiger partial charge in [-0.05, 0) is 50.0 Å². The van der Waals surface area contributed by atoms with Gasteiger partial charge in [-0.3, -0.25) is 19.3 Å². The van der Waals surface area contributed by atoms with Gasteiger partial charge in [0.1, 0.15) is 22.8 Å². The zero-order chi connectivity index (χ0) is 30.1. The number of nitrogens with one attached hydrogen (secondary N) is 1. The summed E-state index contributed by atoms with van der Waals surface area (Å²) in [6.45, 7) is -1.64. The van der Waals surface area contributed by atoms with E-state index in [2.05, 4.69) is 5.32 Å². The fraction of sp³-hybridized carbons (Fsp3) is 0.480. The Morgan fingerprint density at radius 2 is 1.85 bits per heavy atom. The largest absolute Gasteiger partial charge is 0.510 e. The Morgan fingerprint density at radius 3 is 2.38 bits per heavy atom. The van der Waals surface area contributed by atoms with Crippen LogP contribution in [0.2, 0.25) is 0 Å². The zero-order valence-electron chi connectivity index (χ0n) is 21.1. The van der Waals surface area contributed by atoms with Crippen molar-refractivity contribution in [2.75, 3.05) is 20.6 Å². The number of primary amides is 1. The van der Waals surface area contributed by atoms with Crippen molar-refractivity contribution in [1.82, 2.24) is 10.2 Å². The van der Waals surface area contributed by atoms with Crippen molar-refractivity contribution in [2.45, 2.75) is 43.6 Å². The van der Waals surface area contributed by atoms with Crippen LogP contribution in [0.15, 0.2) is 28.7 Å². The van der Waals surface area contributed by atoms with Gasteiger partial charge in [-0.25, -0.2) is 8.78 Å². The molecule has 40 heavy (non-hydrogen) atoms. The molecule has 0 spiro atoms. The second kappa shape index (κ2) is 9.82. The summed E-state index contributed by atoms with van der Waals surface area (Å²) in [4.78, 5) is 40.1. The summed E-state index contributed by atoms with van der Waals surface area (Å²) >= 11 is 0. The molecule has 0 radical (unpaired) electrons. The van der Waals surface area contributed by atoms with Gasteiger partial charge in [-0.2, -0.15) is 13.2 Å². The molecule has 4 rings (SSSR count). The third kappa shape index (κ3) is 4.32. The first kappa shape index (κ1) is 29.4. The van der Waals surface area contributed by atoms with Crippen LogP contribution < -0.4 is 11.1 Å². The molecule has 10 nitrogen and oxygen atoms in total. The minimum absolute atomic E-state index is 0.405. The first-order chi connectivity index (χ1) is 18.4. The number of amides is 1. The number of aromatic hydroxyl groups is 1. The standard InChI is InChI=1S/C25H26F5N3O7/c1-33(2)18-11-4-8-3-10-15(12(34)5-9(6-32-7-13(26)27)17(10)25(28,29)30)19(35)14(8)21(37)24(11,40)22(38)16(20(18)36)23(31)39/h5,8,11,13,18,32,34,36-37,40H,3-4,6-7H2,1-2H3,(H2,31,39)/t8-,11-,18-,24-/m0/s1. The second-order valence-electron chi connectivity index (χ2n) is 10.3. The molecule has 1 aromatic carbocycles. The number of carbonyl (C=O) groups excluding carboxylic acids is 3. The molecule has 7 N–H and O–H groups in total. The van der Waals surface area contributed by atoms with Crippen LogP contribution in [0.1, 0.15) is 33.5 Å². The fourth-order valence-corrected chi connectivity index (χ4v) is 6.20. The number of hydrogen-bond acceptors (Lipinski definition) is 9. The van der Waals surface area contributed by atoms with Crippen LogP contribution in [0.4, 0.5) is 22.0 Å². The molecule has 0 unspecified atom stereocenters. The summed E-state index contributed by atoms with van der Waals surface area (Å²) in [5.74, 6) is -9.80. The van der Waals surface area contributed by atoms with Crippen LogP contribution >= 0.6 is 0 Å². The number of alkyl halides is 5. The number of rotatable bonds is 6. The number of nitrogens with zero attached hydrogens (tertiary/aromatic N) is 1. The van der Waals surface area contributed by atoms with Crippen molar-refractivity contribution >= 4 is 17.5 Å². The normalized spacial score (nSPS) is 26.8. The average Bonchev–Trinajstić information content (AvgIpc) is 2.79. The monoisotopic (exact) mass is 575 g/mol. The van der Waals surface area contributed by atoms with E-state index < -0.39 is 130 Å². The van der Waals surface area contributed by atoms with E-state index in [1.54, 1.807) is 0 Å². The topological polar surface area (TPSA) is 173 Å². The summed E-state index contributed by atoms with van der Waals surface area (Å²) in [6, 6.07) is -0.707. The van der Waals surface area contributed by atoms with Crippen molar-refractivity contribution in [3.05, 3.63) is 51.0 Å². The lowest BCUT2D eigenvalue weighted by Crippen LogP contribution is -2.63. The Morgan fingerprint density at radius 1 is 1.23 bits per heavy atom. The molecule has 0 heterocycles. The minimum atomic E-state index is -5.08. The van der Waals surface area contributed by atoms with Gasteiger partial charge in [0.15, 0.2) is 11.4 Å². The van der Waals surface area contributed by atoms with Crippen LogP contribution in [-0.4, -0.2) is 81.5 Å². The molecule has 15 heteroatoms. The van der Waals surface area contributed by atoms with Crippen molar-refractivity contribution < 1.29 is 56.8 Å². The molecule has 0 fully saturated rings. The predicted octanol–water partition coefficient (Wildman–Crippen LogP) is 1.49. The molecule has 0 saturated carbocycles. The SMILES string of the molecule is CN(C)[C@@H]1C(O)=C(C(N)=O)C(=O)[C@@]2(O)C(O)=C3C(=O)c4c(O)cc(CNCC(F)F)c(C(F)(F)F)c4C[C@H]3C[C@@H]12. The van der Waals surface area contributed by atoms with E-state index in [-0.39, 0.29) is 0 Å². The summed E-state index contributed by atoms with van der Waals surface area (Å²) in [7, 11) is 2.82. The van der Waals surface area contributed by atoms with Crippen molar-refractivity contribution in [1.29, 1.82) is 0 Å². The molecule has 0 saturated heterocycles. The molecule has 4 atom stereocenters. The first-order valence-electron chi connectivity index (χ1n) is 12.0. The summed E-state index contributed by atoms with van der Waals surface area (Å²) in [5.41, 5.74) is -2.71. The number of phenolic OH excluding ortho intramolecular Hbond substituents is 1. The number of benzene rings is 1. The molecular formula is C25H26F5N3O7. The Balaban J connectivity index is 1.93. The number of allylic oxidation sites excluding steroid dienone is 1. The molecule has 0 bridgehead atoms. The number of aliphatic hydroxyl groups excluding tert-OH is 2. The highest BCUT2D eigenvalue weighted by molar-refractivity contribution is 6.24. The number of fused-ring (bicyclic) bond motifs is 3. The van der Waals surface area contributed by atoms with Gasteiger partial charge >= 0.3 is 6.18 Å². The van der Waals surface area contributed by atoms with E-state index in [1.807, 2.05) is 0 Å². The third-order valence-corrected chi connectivity index (χ3v) is 7.70. The van der Waals surface area contributed by atoms with Crippen molar-refractivity contribution in [3.8, 4) is 5.75 Å². The van der Waals surface area contributed by atoms with E-state index in [9.17, 15) is 56.8 Å². The molecule has 1 amide bonds. The molecule has 218 valence electrons. The quantitative estimate of drug-likeness (QED) is 0.217. The number of ketones is 2. The van der Waals surface area contributed by atoms with E-state index in [1.165, 1.54) is 19.0 Å². The molecule has 3 aliphatic rings. The highest BCUT2D eigenvalue weighted by Gasteiger charge is 2.63. The third-order valence-electron chi connectivity index (χ3n) is 7.70. The highest BCUT2D eigenvalue weighted by atomic mass is 19.4. The lowest BCUT2D eigenvalue weighted by molar-refractivity contribution is -0.148. The molecule has 3 aliphatic carbocycles. The molecule has 0 aliphatic heterocycles. The Hall–Kier alpha value is -3.56. The predicted molar refractivity (Wildman–Crippen MR) is 126 cm³/mol. The van der Waals surface area contributed by atoms with E-state index in [4.69, 9.17) is 5.73 Å². The first-order valence-corrected chi connectivity index (χ1v) is 12.0. The number of aliphatic hydroxyl groups is 3. The molecule has 1 aromatic rings. The summed E-state index contributed by atoms with van der Waals surface area (Å²) in [5, 5.41) is 46.2. The summed E-state index contributed by atoms with van der Waals surface area (Å²) in [6.07, 6.45) is -8.94. The molecular weight excluding hydrogens is 549 g/mol. The Labute approximate surface area is 223 Å². The fourth-order valence-electron chi connectivity index (χ4n) is 6.20. The van der Waals surface area contributed by atoms with E-state index in [0.717, 1.165) is 0 Å². The van der Waals surface area contributed by atoms with Crippen LogP contribution in [0.5, 0.6) is 5.75 Å². The van der Waals surface area contributed by atoms with Gasteiger partial charge in [0.25, 0.3) is 12.3 Å². The number of Topliss-reactive ketones (excluding diaryl/α,β-unsaturated/α-hetero) is 2. The maximum Gasteiger partial charge on any atom is 0.417 e. The Kier molecular flexibility index (Phi) is 7.22. The smallest absolute Gasteiger partial charge is 0.417 e. The van der Waals surface area contributed by atoms with Gasteiger partial charge in [0, 0.05) is 18.0 Å². The van der Waals surface area contributed by atoms with Gasteiger partial charge < -0.3 is 31.5 Å². The van der Waals surface area contributed by atoms with Crippen molar-refractivity contribution in [3.63, 3.8) is 0 Å². The minimum Gasteiger partial charge on any atom is -0.510 e. The van der Waals surface area contributed by atoms with Gasteiger partial charge in [-0.1, -0.05) is 0 Å². The lowest BCUT2D eigenvalue weighted by Gasteiger charge is -2.50. The zero-order valence-corrected chi connectivity index (χ0v) is 21.1. The van der Waals surface area contributed by atoms with Gasteiger partial charge in [0.2, 0.25) is 5.78 Å². The lowest BCUT2D eigenvalue weighted by atomic mass is 9.58. The van der Waals surface area contributed by atoms with Crippen LogP contribution in [0.3, 0.4) is 0 Å².